The molecule has 0 aliphatic heterocycles. The molecule has 0 spiro atoms. The van der Waals surface area contributed by atoms with Crippen molar-refractivity contribution in [2.75, 3.05) is 0 Å². The SMILES string of the molecule is Oc1[c]cc(-c2nc3cc(Cl)ccc3[nH]2)cc1. The minimum atomic E-state index is 0.118. The Balaban J connectivity index is 2.14. The van der Waals surface area contributed by atoms with Crippen LogP contribution in [0.4, 0.5) is 0 Å². The third-order valence-corrected chi connectivity index (χ3v) is 2.75. The highest BCUT2D eigenvalue weighted by atomic mass is 35.5. The summed E-state index contributed by atoms with van der Waals surface area (Å²) < 4.78 is 0. The maximum absolute atomic E-state index is 9.18. The first-order valence-corrected chi connectivity index (χ1v) is 5.46. The number of hydrogen-bond acceptors (Lipinski definition) is 2. The molecule has 0 fully saturated rings. The Morgan fingerprint density at radius 3 is 2.88 bits per heavy atom. The van der Waals surface area contributed by atoms with Gasteiger partial charge in [-0.2, -0.15) is 0 Å². The van der Waals surface area contributed by atoms with Crippen molar-refractivity contribution < 1.29 is 5.11 Å². The zero-order chi connectivity index (χ0) is 11.8. The van der Waals surface area contributed by atoms with Crippen molar-refractivity contribution >= 4 is 22.6 Å². The molecule has 2 N–H and O–H groups in total. The maximum atomic E-state index is 9.18. The summed E-state index contributed by atoms with van der Waals surface area (Å²) in [5, 5.41) is 9.84. The van der Waals surface area contributed by atoms with Crippen LogP contribution in [-0.4, -0.2) is 15.1 Å². The number of phenolic OH excluding ortho intramolecular Hbond substituents is 1. The van der Waals surface area contributed by atoms with Gasteiger partial charge in [0, 0.05) is 16.7 Å². The molecule has 0 bridgehead atoms. The van der Waals surface area contributed by atoms with Gasteiger partial charge in [0.1, 0.15) is 11.6 Å². The van der Waals surface area contributed by atoms with Gasteiger partial charge in [-0.1, -0.05) is 11.6 Å². The summed E-state index contributed by atoms with van der Waals surface area (Å²) in [7, 11) is 0. The van der Waals surface area contributed by atoms with E-state index in [1.807, 2.05) is 12.1 Å². The quantitative estimate of drug-likeness (QED) is 0.688. The van der Waals surface area contributed by atoms with Crippen LogP contribution in [0.25, 0.3) is 22.4 Å². The van der Waals surface area contributed by atoms with Crippen LogP contribution in [0.1, 0.15) is 0 Å². The van der Waals surface area contributed by atoms with E-state index in [1.165, 1.54) is 0 Å². The Morgan fingerprint density at radius 2 is 2.12 bits per heavy atom. The van der Waals surface area contributed by atoms with Crippen molar-refractivity contribution in [2.24, 2.45) is 0 Å². The summed E-state index contributed by atoms with van der Waals surface area (Å²) in [6, 6.07) is 13.3. The molecule has 0 unspecified atom stereocenters. The van der Waals surface area contributed by atoms with E-state index < -0.39 is 0 Å². The number of aromatic hydroxyl groups is 1. The van der Waals surface area contributed by atoms with Crippen molar-refractivity contribution in [1.82, 2.24) is 9.97 Å². The van der Waals surface area contributed by atoms with Crippen LogP contribution in [0, 0.1) is 6.07 Å². The van der Waals surface area contributed by atoms with E-state index in [0.29, 0.717) is 5.02 Å². The van der Waals surface area contributed by atoms with Gasteiger partial charge in [-0.3, -0.25) is 0 Å². The lowest BCUT2D eigenvalue weighted by Gasteiger charge is -1.95. The highest BCUT2D eigenvalue weighted by Crippen LogP contribution is 2.23. The molecule has 0 saturated carbocycles. The summed E-state index contributed by atoms with van der Waals surface area (Å²) in [4.78, 5) is 7.62. The smallest absolute Gasteiger partial charge is 0.138 e. The Morgan fingerprint density at radius 1 is 1.24 bits per heavy atom. The lowest BCUT2D eigenvalue weighted by molar-refractivity contribution is 0.474. The number of benzene rings is 2. The standard InChI is InChI=1S/C13H8ClN2O/c14-9-3-6-11-12(7-9)16-13(15-11)8-1-4-10(17)5-2-8/h1-4,6-7,17H,(H,15,16). The van der Waals surface area contributed by atoms with Crippen molar-refractivity contribution in [1.29, 1.82) is 0 Å². The topological polar surface area (TPSA) is 48.9 Å². The number of fused-ring (bicyclic) bond motifs is 1. The van der Waals surface area contributed by atoms with E-state index in [1.54, 1.807) is 24.3 Å². The number of hydrogen-bond donors (Lipinski definition) is 2. The van der Waals surface area contributed by atoms with Crippen molar-refractivity contribution in [3.8, 4) is 17.1 Å². The molecule has 0 atom stereocenters. The lowest BCUT2D eigenvalue weighted by atomic mass is 10.2. The summed E-state index contributed by atoms with van der Waals surface area (Å²) in [5.41, 5.74) is 2.62. The summed E-state index contributed by atoms with van der Waals surface area (Å²) in [6.07, 6.45) is 0. The third-order valence-electron chi connectivity index (χ3n) is 2.51. The number of phenols is 1. The zero-order valence-corrected chi connectivity index (χ0v) is 9.49. The minimum absolute atomic E-state index is 0.118. The molecular formula is C13H8ClN2O. The zero-order valence-electron chi connectivity index (χ0n) is 8.74. The Kier molecular flexibility index (Phi) is 2.27. The van der Waals surface area contributed by atoms with Gasteiger partial charge in [0.2, 0.25) is 0 Å². The van der Waals surface area contributed by atoms with E-state index >= 15 is 0 Å². The Labute approximate surface area is 103 Å². The largest absolute Gasteiger partial charge is 0.507 e. The van der Waals surface area contributed by atoms with Crippen LogP contribution in [-0.2, 0) is 0 Å². The number of H-pyrrole nitrogens is 1. The van der Waals surface area contributed by atoms with Gasteiger partial charge in [0.25, 0.3) is 0 Å². The summed E-state index contributed by atoms with van der Waals surface area (Å²) in [6.45, 7) is 0. The van der Waals surface area contributed by atoms with Gasteiger partial charge in [-0.05, 0) is 36.4 Å². The van der Waals surface area contributed by atoms with E-state index in [4.69, 9.17) is 11.6 Å². The number of nitrogens with one attached hydrogen (secondary N) is 1. The molecule has 1 aromatic heterocycles. The average molecular weight is 244 g/mol. The van der Waals surface area contributed by atoms with E-state index in [9.17, 15) is 5.11 Å². The fraction of sp³-hybridized carbons (Fsp3) is 0. The number of rotatable bonds is 1. The number of halogens is 1. The van der Waals surface area contributed by atoms with Crippen LogP contribution in [0.3, 0.4) is 0 Å². The fourth-order valence-electron chi connectivity index (χ4n) is 1.68. The number of aromatic nitrogens is 2. The maximum Gasteiger partial charge on any atom is 0.138 e. The van der Waals surface area contributed by atoms with Crippen molar-refractivity contribution in [3.05, 3.63) is 47.5 Å². The highest BCUT2D eigenvalue weighted by molar-refractivity contribution is 6.31. The molecule has 4 heteroatoms. The Hall–Kier alpha value is -2.00. The van der Waals surface area contributed by atoms with Crippen LogP contribution in [0.2, 0.25) is 5.02 Å². The lowest BCUT2D eigenvalue weighted by Crippen LogP contribution is -1.78. The van der Waals surface area contributed by atoms with Gasteiger partial charge < -0.3 is 10.1 Å². The summed E-state index contributed by atoms with van der Waals surface area (Å²) >= 11 is 5.90. The van der Waals surface area contributed by atoms with Gasteiger partial charge in [0.05, 0.1) is 11.0 Å². The number of aromatic amines is 1. The van der Waals surface area contributed by atoms with Crippen molar-refractivity contribution in [2.45, 2.75) is 0 Å². The van der Waals surface area contributed by atoms with E-state index in [0.717, 1.165) is 22.4 Å². The van der Waals surface area contributed by atoms with E-state index in [2.05, 4.69) is 16.0 Å². The van der Waals surface area contributed by atoms with Crippen molar-refractivity contribution in [3.63, 3.8) is 0 Å². The molecule has 3 nitrogen and oxygen atoms in total. The molecule has 0 aliphatic carbocycles. The minimum Gasteiger partial charge on any atom is -0.507 e. The predicted octanol–water partition coefficient (Wildman–Crippen LogP) is 3.39. The van der Waals surface area contributed by atoms with Crippen LogP contribution in [0.5, 0.6) is 5.75 Å². The number of imidazole rings is 1. The van der Waals surface area contributed by atoms with Gasteiger partial charge in [-0.15, -0.1) is 0 Å². The molecule has 0 aliphatic rings. The molecule has 17 heavy (non-hydrogen) atoms. The second kappa shape index (κ2) is 3.79. The first-order valence-electron chi connectivity index (χ1n) is 5.09. The first-order chi connectivity index (χ1) is 8.22. The molecule has 3 aromatic rings. The average Bonchev–Trinajstić information content (AvgIpc) is 2.72. The normalized spacial score (nSPS) is 10.9. The van der Waals surface area contributed by atoms with Gasteiger partial charge in [-0.25, -0.2) is 4.98 Å². The molecular weight excluding hydrogens is 236 g/mol. The highest BCUT2D eigenvalue weighted by Gasteiger charge is 2.05. The first kappa shape index (κ1) is 10.2. The van der Waals surface area contributed by atoms with Gasteiger partial charge >= 0.3 is 0 Å². The Bertz CT molecular complexity index is 673. The second-order valence-corrected chi connectivity index (χ2v) is 4.15. The van der Waals surface area contributed by atoms with Gasteiger partial charge in [0.15, 0.2) is 0 Å². The molecule has 1 radical (unpaired) electrons. The van der Waals surface area contributed by atoms with Crippen LogP contribution < -0.4 is 0 Å². The fourth-order valence-corrected chi connectivity index (χ4v) is 1.85. The molecule has 0 amide bonds. The molecule has 83 valence electrons. The van der Waals surface area contributed by atoms with E-state index in [-0.39, 0.29) is 5.75 Å². The predicted molar refractivity (Wildman–Crippen MR) is 67.0 cm³/mol. The van der Waals surface area contributed by atoms with Crippen LogP contribution in [0.15, 0.2) is 36.4 Å². The molecule has 2 aromatic carbocycles. The van der Waals surface area contributed by atoms with Crippen LogP contribution >= 0.6 is 11.6 Å². The molecule has 3 rings (SSSR count). The monoisotopic (exact) mass is 243 g/mol. The second-order valence-electron chi connectivity index (χ2n) is 3.71. The third kappa shape index (κ3) is 1.85. The number of nitrogens with zero attached hydrogens (tertiary/aromatic N) is 1. The summed E-state index contributed by atoms with van der Waals surface area (Å²) in [5.74, 6) is 0.853. The molecule has 0 saturated heterocycles. The molecule has 1 heterocycles.